The monoisotopic (exact) mass is 464 g/mol. The zero-order valence-corrected chi connectivity index (χ0v) is 21.7. The van der Waals surface area contributed by atoms with E-state index in [1.807, 2.05) is 48.7 Å². The van der Waals surface area contributed by atoms with Crippen LogP contribution < -0.4 is 5.32 Å². The van der Waals surface area contributed by atoms with Crippen LogP contribution in [0.3, 0.4) is 0 Å². The number of carbonyl (C=O) groups excluding carboxylic acids is 1. The predicted octanol–water partition coefficient (Wildman–Crippen LogP) is 2.84. The van der Waals surface area contributed by atoms with Gasteiger partial charge in [0.05, 0.1) is 56.9 Å². The summed E-state index contributed by atoms with van der Waals surface area (Å²) < 4.78 is 28.0. The number of carbonyl (C=O) groups is 1. The van der Waals surface area contributed by atoms with Gasteiger partial charge in [0.25, 0.3) is 10.1 Å². The van der Waals surface area contributed by atoms with Crippen LogP contribution in [0.15, 0.2) is 0 Å². The number of hydrogen-bond acceptors (Lipinski definition) is 6. The van der Waals surface area contributed by atoms with E-state index < -0.39 is 20.9 Å². The van der Waals surface area contributed by atoms with Gasteiger partial charge in [-0.25, -0.2) is 0 Å². The molecule has 3 unspecified atom stereocenters. The number of nitriles is 1. The van der Waals surface area contributed by atoms with E-state index in [9.17, 15) is 18.5 Å². The summed E-state index contributed by atoms with van der Waals surface area (Å²) in [7, 11) is 1.86. The minimum atomic E-state index is -3.42. The average Bonchev–Trinajstić information content (AvgIpc) is 2.64. The fourth-order valence-corrected chi connectivity index (χ4v) is 4.10. The second kappa shape index (κ2) is 11.7. The number of quaternary nitrogens is 1. The van der Waals surface area contributed by atoms with Crippen LogP contribution in [0, 0.1) is 28.1 Å². The quantitative estimate of drug-likeness (QED) is 0.178. The molecule has 0 spiro atoms. The molecule has 0 saturated heterocycles. The van der Waals surface area contributed by atoms with E-state index in [2.05, 4.69) is 28.2 Å². The summed E-state index contributed by atoms with van der Waals surface area (Å²) >= 11 is 4.57. The van der Waals surface area contributed by atoms with Crippen LogP contribution in [0.2, 0.25) is 0 Å². The van der Waals surface area contributed by atoms with Gasteiger partial charge in [0, 0.05) is 24.6 Å². The molecule has 0 aromatic carbocycles. The summed E-state index contributed by atoms with van der Waals surface area (Å²) in [5.74, 6) is 0.0195. The van der Waals surface area contributed by atoms with Gasteiger partial charge >= 0.3 is 0 Å². The Hall–Kier alpha value is -0.820. The van der Waals surface area contributed by atoms with Gasteiger partial charge in [0.1, 0.15) is 0 Å². The van der Waals surface area contributed by atoms with Crippen molar-refractivity contribution in [2.45, 2.75) is 59.1 Å². The van der Waals surface area contributed by atoms with Gasteiger partial charge in [0.2, 0.25) is 5.91 Å². The Bertz CT molecular complexity index is 700. The van der Waals surface area contributed by atoms with E-state index in [0.29, 0.717) is 30.4 Å². The molecule has 0 aliphatic heterocycles. The predicted molar refractivity (Wildman–Crippen MR) is 125 cm³/mol. The summed E-state index contributed by atoms with van der Waals surface area (Å²) in [4.78, 5) is 13.0. The molecule has 7 nitrogen and oxygen atoms in total. The summed E-state index contributed by atoms with van der Waals surface area (Å²) in [5, 5.41) is 12.3. The second-order valence-corrected chi connectivity index (χ2v) is 12.4. The molecule has 0 aromatic heterocycles. The molecule has 0 bridgehead atoms. The molecule has 1 amide bonds. The molecular formula is C21H42N3O4S2+. The van der Waals surface area contributed by atoms with Crippen LogP contribution in [-0.2, 0) is 19.1 Å². The molecular weight excluding hydrogens is 422 g/mol. The van der Waals surface area contributed by atoms with Crippen molar-refractivity contribution in [3.63, 3.8) is 0 Å². The van der Waals surface area contributed by atoms with Crippen molar-refractivity contribution >= 4 is 28.7 Å². The summed E-state index contributed by atoms with van der Waals surface area (Å²) in [6, 6.07) is 2.34. The summed E-state index contributed by atoms with van der Waals surface area (Å²) in [6.45, 7) is 11.7. The van der Waals surface area contributed by atoms with Crippen molar-refractivity contribution < 1.29 is 21.9 Å². The van der Waals surface area contributed by atoms with Crippen LogP contribution in [0.4, 0.5) is 0 Å². The highest BCUT2D eigenvalue weighted by atomic mass is 32.2. The van der Waals surface area contributed by atoms with Crippen LogP contribution in [0.5, 0.6) is 0 Å². The highest BCUT2D eigenvalue weighted by Gasteiger charge is 2.41. The molecule has 1 N–H and O–H groups in total. The molecule has 0 heterocycles. The number of thiol groups is 1. The van der Waals surface area contributed by atoms with Crippen molar-refractivity contribution in [3.8, 4) is 6.07 Å². The maximum atomic E-state index is 13.0. The minimum absolute atomic E-state index is 0.0112. The van der Waals surface area contributed by atoms with Crippen molar-refractivity contribution in [2.75, 3.05) is 46.6 Å². The molecule has 0 aliphatic carbocycles. The zero-order valence-electron chi connectivity index (χ0n) is 20.0. The van der Waals surface area contributed by atoms with Crippen molar-refractivity contribution in [2.24, 2.45) is 16.7 Å². The second-order valence-electron chi connectivity index (χ2n) is 9.81. The first kappa shape index (κ1) is 29.2. The first-order chi connectivity index (χ1) is 13.5. The fraction of sp³-hybridized carbons (Fsp3) is 0.905. The van der Waals surface area contributed by atoms with E-state index >= 15 is 0 Å². The fourth-order valence-electron chi connectivity index (χ4n) is 3.23. The standard InChI is InChI=1S/C21H41N3O4S2/c1-17(20(3,4)16-22)15-21(5,18(2)29)19(25)23-11-9-12-24(6,7)13-10-14-30(26,27)28-8/h17-18H,9-15H2,1-8H3,(H-,23,25,29)/p+1. The number of nitrogens with zero attached hydrogens (tertiary/aromatic N) is 2. The Morgan fingerprint density at radius 3 is 2.20 bits per heavy atom. The molecule has 30 heavy (non-hydrogen) atoms. The molecule has 0 fully saturated rings. The molecule has 0 saturated carbocycles. The van der Waals surface area contributed by atoms with Crippen LogP contribution in [0.25, 0.3) is 0 Å². The molecule has 0 radical (unpaired) electrons. The third-order valence-electron chi connectivity index (χ3n) is 6.33. The SMILES string of the molecule is COS(=O)(=O)CCC[N+](C)(C)CCCNC(=O)C(C)(CC(C)C(C)(C)C#N)C(C)S. The highest BCUT2D eigenvalue weighted by molar-refractivity contribution is 7.86. The van der Waals surface area contributed by atoms with Crippen LogP contribution >= 0.6 is 12.6 Å². The molecule has 3 atom stereocenters. The normalized spacial score (nSPS) is 16.9. The van der Waals surface area contributed by atoms with Gasteiger partial charge in [-0.3, -0.25) is 8.98 Å². The van der Waals surface area contributed by atoms with Gasteiger partial charge in [-0.1, -0.05) is 13.8 Å². The smallest absolute Gasteiger partial charge is 0.267 e. The maximum absolute atomic E-state index is 13.0. The van der Waals surface area contributed by atoms with Crippen molar-refractivity contribution in [1.29, 1.82) is 5.26 Å². The molecule has 0 rings (SSSR count). The summed E-state index contributed by atoms with van der Waals surface area (Å²) in [5.41, 5.74) is -1.18. The first-order valence-corrected chi connectivity index (χ1v) is 12.6. The van der Waals surface area contributed by atoms with Crippen LogP contribution in [0.1, 0.15) is 53.9 Å². The largest absolute Gasteiger partial charge is 0.355 e. The lowest BCUT2D eigenvalue weighted by atomic mass is 9.70. The molecule has 0 aliphatic rings. The topological polar surface area (TPSA) is 96.3 Å². The number of amides is 1. The zero-order chi connectivity index (χ0) is 23.8. The van der Waals surface area contributed by atoms with E-state index in [0.717, 1.165) is 13.0 Å². The summed E-state index contributed by atoms with van der Waals surface area (Å²) in [6.07, 6.45) is 1.89. The number of hydrogen-bond donors (Lipinski definition) is 2. The first-order valence-electron chi connectivity index (χ1n) is 10.5. The van der Waals surface area contributed by atoms with Crippen LogP contribution in [-0.4, -0.2) is 70.7 Å². The third kappa shape index (κ3) is 9.54. The number of rotatable bonds is 14. The molecule has 176 valence electrons. The van der Waals surface area contributed by atoms with E-state index in [1.54, 1.807) is 0 Å². The van der Waals surface area contributed by atoms with Crippen molar-refractivity contribution in [3.05, 3.63) is 0 Å². The van der Waals surface area contributed by atoms with Gasteiger partial charge in [-0.05, 0) is 33.1 Å². The maximum Gasteiger partial charge on any atom is 0.267 e. The third-order valence-corrected chi connectivity index (χ3v) is 8.20. The Kier molecular flexibility index (Phi) is 11.4. The molecule has 9 heteroatoms. The van der Waals surface area contributed by atoms with Gasteiger partial charge in [-0.15, -0.1) is 0 Å². The lowest BCUT2D eigenvalue weighted by Gasteiger charge is -2.37. The van der Waals surface area contributed by atoms with Gasteiger partial charge in [-0.2, -0.15) is 26.3 Å². The van der Waals surface area contributed by atoms with Gasteiger partial charge in [0.15, 0.2) is 0 Å². The highest BCUT2D eigenvalue weighted by Crippen LogP contribution is 2.39. The van der Waals surface area contributed by atoms with Gasteiger partial charge < -0.3 is 9.80 Å². The lowest BCUT2D eigenvalue weighted by Crippen LogP contribution is -2.47. The Morgan fingerprint density at radius 2 is 1.73 bits per heavy atom. The average molecular weight is 465 g/mol. The lowest BCUT2D eigenvalue weighted by molar-refractivity contribution is -0.890. The van der Waals surface area contributed by atoms with E-state index in [-0.39, 0.29) is 22.8 Å². The Labute approximate surface area is 189 Å². The van der Waals surface area contributed by atoms with E-state index in [4.69, 9.17) is 0 Å². The van der Waals surface area contributed by atoms with E-state index in [1.165, 1.54) is 7.11 Å². The molecule has 0 aromatic rings. The van der Waals surface area contributed by atoms with Crippen molar-refractivity contribution in [1.82, 2.24) is 5.32 Å². The Morgan fingerprint density at radius 1 is 1.20 bits per heavy atom. The Balaban J connectivity index is 4.69. The minimum Gasteiger partial charge on any atom is -0.355 e. The number of nitrogens with one attached hydrogen (secondary N) is 1.